The maximum atomic E-state index is 12.9. The van der Waals surface area contributed by atoms with Crippen LogP contribution in [0.3, 0.4) is 0 Å². The van der Waals surface area contributed by atoms with E-state index in [0.29, 0.717) is 17.0 Å². The van der Waals surface area contributed by atoms with Crippen molar-refractivity contribution in [1.82, 2.24) is 0 Å². The molecule has 4 rings (SSSR count). The predicted molar refractivity (Wildman–Crippen MR) is 104 cm³/mol. The first kappa shape index (κ1) is 16.5. The van der Waals surface area contributed by atoms with E-state index in [1.807, 2.05) is 66.7 Å². The van der Waals surface area contributed by atoms with E-state index in [1.165, 1.54) is 0 Å². The molecule has 0 saturated carbocycles. The molecule has 1 aliphatic heterocycles. The summed E-state index contributed by atoms with van der Waals surface area (Å²) in [5, 5.41) is 0. The molecule has 1 aliphatic rings. The maximum absolute atomic E-state index is 12.9. The van der Waals surface area contributed by atoms with Crippen molar-refractivity contribution in [2.45, 2.75) is 0 Å². The zero-order valence-electron chi connectivity index (χ0n) is 13.8. The van der Waals surface area contributed by atoms with Gasteiger partial charge in [-0.3, -0.25) is 0 Å². The molecule has 1 atom stereocenters. The quantitative estimate of drug-likeness (QED) is 0.633. The summed E-state index contributed by atoms with van der Waals surface area (Å²) < 4.78 is 18.3. The van der Waals surface area contributed by atoms with Gasteiger partial charge in [-0.1, -0.05) is 78.9 Å². The molecular formula is C21H16NO3P. The van der Waals surface area contributed by atoms with Gasteiger partial charge in [0.1, 0.15) is 5.75 Å². The first-order valence-corrected chi connectivity index (χ1v) is 9.75. The van der Waals surface area contributed by atoms with Gasteiger partial charge in [0.25, 0.3) is 0 Å². The lowest BCUT2D eigenvalue weighted by Crippen LogP contribution is -2.16. The van der Waals surface area contributed by atoms with Gasteiger partial charge < -0.3 is 9.42 Å². The van der Waals surface area contributed by atoms with Gasteiger partial charge in [0.15, 0.2) is 5.45 Å². The third kappa shape index (κ3) is 3.13. The fraction of sp³-hybridized carbons (Fsp3) is 0. The summed E-state index contributed by atoms with van der Waals surface area (Å²) in [6.45, 7) is 0. The number of allylic oxidation sites excluding steroid dienone is 1. The van der Waals surface area contributed by atoms with Crippen LogP contribution in [0.15, 0.2) is 96.0 Å². The Balaban J connectivity index is 1.74. The van der Waals surface area contributed by atoms with Crippen molar-refractivity contribution in [3.05, 3.63) is 102 Å². The molecule has 4 nitrogen and oxygen atoms in total. The van der Waals surface area contributed by atoms with Gasteiger partial charge in [-0.2, -0.15) is 0 Å². The normalized spacial score (nSPS) is 15.7. The second kappa shape index (κ2) is 6.75. The fourth-order valence-electron chi connectivity index (χ4n) is 2.82. The molecule has 0 amide bonds. The van der Waals surface area contributed by atoms with E-state index in [-0.39, 0.29) is 5.45 Å². The molecule has 3 aromatic carbocycles. The molecule has 0 fully saturated rings. The minimum atomic E-state index is -4.11. The van der Waals surface area contributed by atoms with E-state index in [0.717, 1.165) is 11.1 Å². The summed E-state index contributed by atoms with van der Waals surface area (Å²) in [7, 11) is -4.11. The fourth-order valence-corrected chi connectivity index (χ4v) is 4.06. The van der Waals surface area contributed by atoms with E-state index < -0.39 is 7.60 Å². The van der Waals surface area contributed by atoms with Crippen molar-refractivity contribution >= 4 is 24.3 Å². The first-order chi connectivity index (χ1) is 12.6. The Bertz CT molecular complexity index is 1030. The molecule has 0 bridgehead atoms. The Morgan fingerprint density at radius 1 is 0.731 bits per heavy atom. The highest BCUT2D eigenvalue weighted by molar-refractivity contribution is 7.74. The van der Waals surface area contributed by atoms with E-state index in [4.69, 9.17) is 4.52 Å². The molecule has 0 radical (unpaired) electrons. The highest BCUT2D eigenvalue weighted by Crippen LogP contribution is 2.54. The molecule has 1 heterocycles. The van der Waals surface area contributed by atoms with Gasteiger partial charge in [-0.25, -0.2) is 9.56 Å². The van der Waals surface area contributed by atoms with Gasteiger partial charge in [0.2, 0.25) is 0 Å². The molecule has 0 spiro atoms. The summed E-state index contributed by atoms with van der Waals surface area (Å²) in [6, 6.07) is 27.7. The Labute approximate surface area is 151 Å². The number of benzene rings is 3. The third-order valence-electron chi connectivity index (χ3n) is 4.03. The van der Waals surface area contributed by atoms with Crippen LogP contribution >= 0.6 is 7.60 Å². The second-order valence-electron chi connectivity index (χ2n) is 5.82. The van der Waals surface area contributed by atoms with E-state index in [9.17, 15) is 9.46 Å². The number of nitrogens with zero attached hydrogens (tertiary/aromatic N) is 1. The molecule has 0 saturated heterocycles. The molecule has 0 aliphatic carbocycles. The molecule has 1 N–H and O–H groups in total. The Kier molecular flexibility index (Phi) is 4.29. The predicted octanol–water partition coefficient (Wildman–Crippen LogP) is 5.23. The number of rotatable bonds is 5. The Hall–Kier alpha value is -2.94. The summed E-state index contributed by atoms with van der Waals surface area (Å²) >= 11 is 0. The van der Waals surface area contributed by atoms with Gasteiger partial charge in [0.05, 0.1) is 5.70 Å². The number of hydrogen-bond acceptors (Lipinski definition) is 3. The van der Waals surface area contributed by atoms with E-state index in [2.05, 4.69) is 4.99 Å². The Morgan fingerprint density at radius 3 is 1.81 bits per heavy atom. The Morgan fingerprint density at radius 2 is 1.23 bits per heavy atom. The van der Waals surface area contributed by atoms with Crippen LogP contribution in [-0.2, 0) is 4.57 Å². The lowest BCUT2D eigenvalue weighted by molar-refractivity contribution is 0.397. The van der Waals surface area contributed by atoms with Gasteiger partial charge in [-0.15, -0.1) is 0 Å². The van der Waals surface area contributed by atoms with Crippen LogP contribution in [0.5, 0.6) is 5.75 Å². The third-order valence-corrected chi connectivity index (χ3v) is 5.35. The molecular weight excluding hydrogens is 345 g/mol. The van der Waals surface area contributed by atoms with Crippen LogP contribution in [0.1, 0.15) is 11.1 Å². The van der Waals surface area contributed by atoms with Crippen molar-refractivity contribution in [3.63, 3.8) is 0 Å². The average Bonchev–Trinajstić information content (AvgIpc) is 2.63. The number of aliphatic imine (C=N–C) groups is 1. The smallest absolute Gasteiger partial charge is 0.420 e. The highest BCUT2D eigenvalue weighted by atomic mass is 31.2. The van der Waals surface area contributed by atoms with Crippen LogP contribution in [0.25, 0.3) is 11.3 Å². The molecule has 128 valence electrons. The van der Waals surface area contributed by atoms with Crippen molar-refractivity contribution in [3.8, 4) is 5.75 Å². The zero-order chi connectivity index (χ0) is 18.0. The lowest BCUT2D eigenvalue weighted by Gasteiger charge is -2.26. The number of hydrogen-bond donors (Lipinski definition) is 1. The van der Waals surface area contributed by atoms with Gasteiger partial charge in [0, 0.05) is 11.1 Å². The molecule has 0 aromatic heterocycles. The zero-order valence-corrected chi connectivity index (χ0v) is 14.7. The lowest BCUT2D eigenvalue weighted by atomic mass is 9.97. The molecule has 26 heavy (non-hydrogen) atoms. The van der Waals surface area contributed by atoms with Gasteiger partial charge in [-0.05, 0) is 17.7 Å². The standard InChI is InChI=1S/C21H16NO3P/c23-26(24,25-18-14-8-3-9-15-18)21-19(16-10-4-1-5-11-16)20(22-21)17-12-6-2-7-13-17/h1-15H,(H,23,24). The minimum Gasteiger partial charge on any atom is -0.420 e. The van der Waals surface area contributed by atoms with Crippen molar-refractivity contribution in [2.24, 2.45) is 4.99 Å². The van der Waals surface area contributed by atoms with Crippen LogP contribution in [0, 0.1) is 0 Å². The number of para-hydroxylation sites is 1. The molecule has 1 unspecified atom stereocenters. The average molecular weight is 361 g/mol. The van der Waals surface area contributed by atoms with Crippen LogP contribution in [0.4, 0.5) is 0 Å². The van der Waals surface area contributed by atoms with Crippen LogP contribution in [-0.4, -0.2) is 10.3 Å². The van der Waals surface area contributed by atoms with Crippen LogP contribution < -0.4 is 4.52 Å². The molecule has 3 aromatic rings. The van der Waals surface area contributed by atoms with Crippen molar-refractivity contribution in [1.29, 1.82) is 0 Å². The SMILES string of the molecule is O=P(O)(Oc1ccccc1)C1=NC(c2ccccc2)=C1c1ccccc1. The minimum absolute atomic E-state index is 0.0893. The molecule has 5 heteroatoms. The van der Waals surface area contributed by atoms with Crippen molar-refractivity contribution in [2.75, 3.05) is 0 Å². The summed E-state index contributed by atoms with van der Waals surface area (Å²) in [4.78, 5) is 14.9. The van der Waals surface area contributed by atoms with Crippen molar-refractivity contribution < 1.29 is 14.0 Å². The van der Waals surface area contributed by atoms with E-state index >= 15 is 0 Å². The highest BCUT2D eigenvalue weighted by Gasteiger charge is 2.40. The van der Waals surface area contributed by atoms with E-state index in [1.54, 1.807) is 24.3 Å². The topological polar surface area (TPSA) is 58.9 Å². The second-order valence-corrected chi connectivity index (χ2v) is 7.46. The van der Waals surface area contributed by atoms with Gasteiger partial charge >= 0.3 is 7.60 Å². The summed E-state index contributed by atoms with van der Waals surface area (Å²) in [5.41, 5.74) is 3.17. The summed E-state index contributed by atoms with van der Waals surface area (Å²) in [5.74, 6) is 0.335. The largest absolute Gasteiger partial charge is 0.427 e. The summed E-state index contributed by atoms with van der Waals surface area (Å²) in [6.07, 6.45) is 0. The van der Waals surface area contributed by atoms with Crippen LogP contribution in [0.2, 0.25) is 0 Å². The monoisotopic (exact) mass is 361 g/mol. The maximum Gasteiger partial charge on any atom is 0.427 e. The first-order valence-electron chi connectivity index (χ1n) is 8.17.